The second-order valence-electron chi connectivity index (χ2n) is 4.70. The van der Waals surface area contributed by atoms with Gasteiger partial charge in [0, 0.05) is 20.3 Å². The first-order valence-electron chi connectivity index (χ1n) is 6.57. The first-order chi connectivity index (χ1) is 8.65. The van der Waals surface area contributed by atoms with Gasteiger partial charge in [-0.05, 0) is 44.9 Å². The third kappa shape index (κ3) is 5.07. The van der Waals surface area contributed by atoms with Crippen molar-refractivity contribution >= 4 is 0 Å². The fourth-order valence-corrected chi connectivity index (χ4v) is 1.87. The highest BCUT2D eigenvalue weighted by Gasteiger charge is 2.08. The fraction of sp³-hybridized carbons (Fsp3) is 0.600. The summed E-state index contributed by atoms with van der Waals surface area (Å²) in [7, 11) is 1.73. The van der Waals surface area contributed by atoms with Crippen molar-refractivity contribution in [3.8, 4) is 5.75 Å². The number of rotatable bonds is 8. The molecule has 1 aromatic carbocycles. The van der Waals surface area contributed by atoms with E-state index >= 15 is 0 Å². The summed E-state index contributed by atoms with van der Waals surface area (Å²) in [6.45, 7) is 8.89. The topological polar surface area (TPSA) is 30.5 Å². The molecule has 3 nitrogen and oxygen atoms in total. The molecular weight excluding hydrogens is 226 g/mol. The van der Waals surface area contributed by atoms with Gasteiger partial charge in [-0.3, -0.25) is 0 Å². The van der Waals surface area contributed by atoms with Gasteiger partial charge in [0.05, 0.1) is 0 Å². The SMILES string of the molecule is COCCCNCC(C)Oc1c(C)cccc1C. The standard InChI is InChI=1S/C15H25NO2/c1-12-7-5-8-13(2)15(12)18-14(3)11-16-9-6-10-17-4/h5,7-8,14,16H,6,9-11H2,1-4H3. The lowest BCUT2D eigenvalue weighted by atomic mass is 10.1. The van der Waals surface area contributed by atoms with Gasteiger partial charge in [-0.2, -0.15) is 0 Å². The van der Waals surface area contributed by atoms with Crippen LogP contribution in [-0.4, -0.2) is 32.9 Å². The van der Waals surface area contributed by atoms with Crippen LogP contribution >= 0.6 is 0 Å². The van der Waals surface area contributed by atoms with E-state index in [2.05, 4.69) is 44.3 Å². The van der Waals surface area contributed by atoms with Crippen molar-refractivity contribution in [2.45, 2.75) is 33.3 Å². The number of aryl methyl sites for hydroxylation is 2. The maximum atomic E-state index is 5.99. The number of methoxy groups -OCH3 is 1. The molecule has 1 unspecified atom stereocenters. The first kappa shape index (κ1) is 15.0. The zero-order valence-corrected chi connectivity index (χ0v) is 12.0. The lowest BCUT2D eigenvalue weighted by molar-refractivity contribution is 0.188. The quantitative estimate of drug-likeness (QED) is 0.721. The third-order valence-corrected chi connectivity index (χ3v) is 2.86. The molecule has 0 amide bonds. The average Bonchev–Trinajstić information content (AvgIpc) is 2.34. The molecule has 1 atom stereocenters. The van der Waals surface area contributed by atoms with Gasteiger partial charge in [0.1, 0.15) is 11.9 Å². The Labute approximate surface area is 110 Å². The third-order valence-electron chi connectivity index (χ3n) is 2.86. The highest BCUT2D eigenvalue weighted by atomic mass is 16.5. The summed E-state index contributed by atoms with van der Waals surface area (Å²) in [5.41, 5.74) is 2.39. The minimum atomic E-state index is 0.173. The molecule has 0 aromatic heterocycles. The summed E-state index contributed by atoms with van der Waals surface area (Å²) in [6, 6.07) is 6.23. The highest BCUT2D eigenvalue weighted by molar-refractivity contribution is 5.39. The maximum Gasteiger partial charge on any atom is 0.125 e. The molecule has 0 radical (unpaired) electrons. The molecule has 0 saturated heterocycles. The number of hydrogen-bond donors (Lipinski definition) is 1. The molecule has 0 spiro atoms. The van der Waals surface area contributed by atoms with E-state index in [9.17, 15) is 0 Å². The summed E-state index contributed by atoms with van der Waals surface area (Å²) < 4.78 is 11.0. The van der Waals surface area contributed by atoms with E-state index < -0.39 is 0 Å². The Hall–Kier alpha value is -1.06. The van der Waals surface area contributed by atoms with E-state index in [4.69, 9.17) is 9.47 Å². The Morgan fingerprint density at radius 2 is 1.89 bits per heavy atom. The zero-order valence-electron chi connectivity index (χ0n) is 12.0. The van der Waals surface area contributed by atoms with E-state index in [0.717, 1.165) is 31.9 Å². The van der Waals surface area contributed by atoms with Gasteiger partial charge in [0.25, 0.3) is 0 Å². The second kappa shape index (κ2) is 8.11. The van der Waals surface area contributed by atoms with Crippen LogP contribution in [0.1, 0.15) is 24.5 Å². The molecule has 0 aliphatic rings. The number of para-hydroxylation sites is 1. The monoisotopic (exact) mass is 251 g/mol. The minimum absolute atomic E-state index is 0.173. The molecule has 0 bridgehead atoms. The van der Waals surface area contributed by atoms with Crippen molar-refractivity contribution in [2.24, 2.45) is 0 Å². The summed E-state index contributed by atoms with van der Waals surface area (Å²) in [5, 5.41) is 3.37. The summed E-state index contributed by atoms with van der Waals surface area (Å²) in [4.78, 5) is 0. The highest BCUT2D eigenvalue weighted by Crippen LogP contribution is 2.23. The van der Waals surface area contributed by atoms with Gasteiger partial charge < -0.3 is 14.8 Å². The maximum absolute atomic E-state index is 5.99. The summed E-state index contributed by atoms with van der Waals surface area (Å²) >= 11 is 0. The van der Waals surface area contributed by atoms with Crippen molar-refractivity contribution in [2.75, 3.05) is 26.8 Å². The van der Waals surface area contributed by atoms with Crippen molar-refractivity contribution in [1.82, 2.24) is 5.32 Å². The van der Waals surface area contributed by atoms with Gasteiger partial charge in [0.15, 0.2) is 0 Å². The lowest BCUT2D eigenvalue weighted by Gasteiger charge is -2.18. The first-order valence-corrected chi connectivity index (χ1v) is 6.57. The van der Waals surface area contributed by atoms with E-state index in [-0.39, 0.29) is 6.10 Å². The van der Waals surface area contributed by atoms with Crippen LogP contribution in [0.2, 0.25) is 0 Å². The molecule has 0 saturated carbocycles. The largest absolute Gasteiger partial charge is 0.489 e. The van der Waals surface area contributed by atoms with Crippen molar-refractivity contribution in [3.05, 3.63) is 29.3 Å². The van der Waals surface area contributed by atoms with Gasteiger partial charge in [-0.1, -0.05) is 18.2 Å². The normalized spacial score (nSPS) is 12.4. The molecule has 0 heterocycles. The Morgan fingerprint density at radius 1 is 1.22 bits per heavy atom. The van der Waals surface area contributed by atoms with Gasteiger partial charge >= 0.3 is 0 Å². The predicted molar refractivity (Wildman–Crippen MR) is 75.4 cm³/mol. The van der Waals surface area contributed by atoms with Crippen molar-refractivity contribution in [3.63, 3.8) is 0 Å². The second-order valence-corrected chi connectivity index (χ2v) is 4.70. The van der Waals surface area contributed by atoms with Gasteiger partial charge in [-0.25, -0.2) is 0 Å². The molecule has 1 N–H and O–H groups in total. The van der Waals surface area contributed by atoms with Gasteiger partial charge in [-0.15, -0.1) is 0 Å². The zero-order chi connectivity index (χ0) is 13.4. The van der Waals surface area contributed by atoms with Crippen LogP contribution in [0.4, 0.5) is 0 Å². The van der Waals surface area contributed by atoms with Crippen LogP contribution in [0.3, 0.4) is 0 Å². The Balaban J connectivity index is 2.33. The molecule has 3 heteroatoms. The molecule has 1 aromatic rings. The average molecular weight is 251 g/mol. The van der Waals surface area contributed by atoms with E-state index in [0.29, 0.717) is 0 Å². The number of benzene rings is 1. The van der Waals surface area contributed by atoms with E-state index in [1.807, 2.05) is 0 Å². The van der Waals surface area contributed by atoms with Crippen LogP contribution in [0.25, 0.3) is 0 Å². The summed E-state index contributed by atoms with van der Waals surface area (Å²) in [6.07, 6.45) is 1.21. The van der Waals surface area contributed by atoms with Gasteiger partial charge in [0.2, 0.25) is 0 Å². The predicted octanol–water partition coefficient (Wildman–Crippen LogP) is 2.70. The molecule has 1 rings (SSSR count). The molecule has 0 aliphatic carbocycles. The molecule has 0 aliphatic heterocycles. The molecular formula is C15H25NO2. The molecule has 18 heavy (non-hydrogen) atoms. The molecule has 0 fully saturated rings. The van der Waals surface area contributed by atoms with Crippen molar-refractivity contribution < 1.29 is 9.47 Å². The fourth-order valence-electron chi connectivity index (χ4n) is 1.87. The number of nitrogens with one attached hydrogen (secondary N) is 1. The molecule has 102 valence electrons. The van der Waals surface area contributed by atoms with Crippen LogP contribution in [0.15, 0.2) is 18.2 Å². The van der Waals surface area contributed by atoms with E-state index in [1.54, 1.807) is 7.11 Å². The van der Waals surface area contributed by atoms with Crippen LogP contribution in [0, 0.1) is 13.8 Å². The Kier molecular flexibility index (Phi) is 6.76. The van der Waals surface area contributed by atoms with E-state index in [1.165, 1.54) is 11.1 Å². The van der Waals surface area contributed by atoms with Crippen LogP contribution in [0.5, 0.6) is 5.75 Å². The Bertz CT molecular complexity index is 332. The van der Waals surface area contributed by atoms with Crippen LogP contribution < -0.4 is 10.1 Å². The number of hydrogen-bond acceptors (Lipinski definition) is 3. The van der Waals surface area contributed by atoms with Crippen molar-refractivity contribution in [1.29, 1.82) is 0 Å². The smallest absolute Gasteiger partial charge is 0.125 e. The summed E-state index contributed by atoms with van der Waals surface area (Å²) in [5.74, 6) is 1.02. The Morgan fingerprint density at radius 3 is 2.50 bits per heavy atom. The lowest BCUT2D eigenvalue weighted by Crippen LogP contribution is -2.30. The minimum Gasteiger partial charge on any atom is -0.489 e. The van der Waals surface area contributed by atoms with Crippen LogP contribution in [-0.2, 0) is 4.74 Å². The number of ether oxygens (including phenoxy) is 2.